The molecule has 1 heterocycles. The van der Waals surface area contributed by atoms with Gasteiger partial charge in [0, 0.05) is 24.7 Å². The SMILES string of the molecule is Cc1ccc(NC(=O)CCC(=O)NN=Cc2ccccn2)c(C)c1. The summed E-state index contributed by atoms with van der Waals surface area (Å²) in [6.45, 7) is 3.93. The smallest absolute Gasteiger partial charge is 0.240 e. The Morgan fingerprint density at radius 1 is 1.12 bits per heavy atom. The lowest BCUT2D eigenvalue weighted by Gasteiger charge is -2.08. The fourth-order valence-corrected chi connectivity index (χ4v) is 2.07. The lowest BCUT2D eigenvalue weighted by Crippen LogP contribution is -2.21. The minimum absolute atomic E-state index is 0.0658. The first-order chi connectivity index (χ1) is 11.5. The highest BCUT2D eigenvalue weighted by Gasteiger charge is 2.08. The van der Waals surface area contributed by atoms with Gasteiger partial charge in [0.2, 0.25) is 11.8 Å². The minimum atomic E-state index is -0.321. The van der Waals surface area contributed by atoms with E-state index in [9.17, 15) is 9.59 Å². The molecule has 0 spiro atoms. The van der Waals surface area contributed by atoms with E-state index in [4.69, 9.17) is 0 Å². The Hall–Kier alpha value is -3.02. The van der Waals surface area contributed by atoms with Crippen molar-refractivity contribution < 1.29 is 9.59 Å². The van der Waals surface area contributed by atoms with Crippen LogP contribution in [-0.4, -0.2) is 23.0 Å². The van der Waals surface area contributed by atoms with E-state index in [2.05, 4.69) is 20.8 Å². The molecule has 0 aliphatic rings. The number of aryl methyl sites for hydroxylation is 2. The van der Waals surface area contributed by atoms with E-state index in [0.29, 0.717) is 5.69 Å². The molecule has 0 saturated heterocycles. The molecule has 24 heavy (non-hydrogen) atoms. The van der Waals surface area contributed by atoms with Gasteiger partial charge in [0.25, 0.3) is 0 Å². The van der Waals surface area contributed by atoms with Crippen LogP contribution in [0, 0.1) is 13.8 Å². The summed E-state index contributed by atoms with van der Waals surface area (Å²) in [5.41, 5.74) is 5.91. The van der Waals surface area contributed by atoms with E-state index in [1.165, 1.54) is 6.21 Å². The summed E-state index contributed by atoms with van der Waals surface area (Å²) >= 11 is 0. The number of rotatable bonds is 6. The number of amides is 2. The van der Waals surface area contributed by atoms with Crippen LogP contribution in [0.25, 0.3) is 0 Å². The Labute approximate surface area is 141 Å². The van der Waals surface area contributed by atoms with Gasteiger partial charge in [0.15, 0.2) is 0 Å². The quantitative estimate of drug-likeness (QED) is 0.633. The molecule has 0 bridgehead atoms. The fraction of sp³-hybridized carbons (Fsp3) is 0.222. The molecule has 0 aliphatic heterocycles. The number of anilines is 1. The third-order valence-electron chi connectivity index (χ3n) is 3.31. The third-order valence-corrected chi connectivity index (χ3v) is 3.31. The zero-order chi connectivity index (χ0) is 17.4. The number of nitrogens with one attached hydrogen (secondary N) is 2. The van der Waals surface area contributed by atoms with Crippen LogP contribution >= 0.6 is 0 Å². The van der Waals surface area contributed by atoms with Gasteiger partial charge in [0.05, 0.1) is 11.9 Å². The van der Waals surface area contributed by atoms with E-state index in [-0.39, 0.29) is 24.7 Å². The average molecular weight is 324 g/mol. The van der Waals surface area contributed by atoms with Gasteiger partial charge in [-0.1, -0.05) is 23.8 Å². The van der Waals surface area contributed by atoms with Gasteiger partial charge in [-0.25, -0.2) is 5.43 Å². The summed E-state index contributed by atoms with van der Waals surface area (Å²) in [4.78, 5) is 27.6. The molecule has 124 valence electrons. The van der Waals surface area contributed by atoms with E-state index >= 15 is 0 Å². The number of nitrogens with zero attached hydrogens (tertiary/aromatic N) is 2. The molecule has 0 saturated carbocycles. The maximum absolute atomic E-state index is 11.9. The van der Waals surface area contributed by atoms with Crippen molar-refractivity contribution in [3.8, 4) is 0 Å². The zero-order valence-electron chi connectivity index (χ0n) is 13.7. The molecule has 0 aliphatic carbocycles. The normalized spacial score (nSPS) is 10.6. The second kappa shape index (κ2) is 8.57. The number of aromatic nitrogens is 1. The van der Waals surface area contributed by atoms with Gasteiger partial charge in [-0.15, -0.1) is 0 Å². The number of carbonyl (C=O) groups is 2. The first-order valence-corrected chi connectivity index (χ1v) is 7.64. The Balaban J connectivity index is 1.75. The van der Waals surface area contributed by atoms with Crippen molar-refractivity contribution in [1.82, 2.24) is 10.4 Å². The van der Waals surface area contributed by atoms with Gasteiger partial charge in [-0.05, 0) is 37.6 Å². The van der Waals surface area contributed by atoms with Crippen molar-refractivity contribution in [3.05, 3.63) is 59.4 Å². The maximum Gasteiger partial charge on any atom is 0.240 e. The number of hydrazone groups is 1. The number of benzene rings is 1. The highest BCUT2D eigenvalue weighted by atomic mass is 16.2. The van der Waals surface area contributed by atoms with Crippen molar-refractivity contribution >= 4 is 23.7 Å². The molecule has 0 fully saturated rings. The highest BCUT2D eigenvalue weighted by Crippen LogP contribution is 2.16. The van der Waals surface area contributed by atoms with Crippen LogP contribution in [0.2, 0.25) is 0 Å². The molecule has 1 aromatic heterocycles. The van der Waals surface area contributed by atoms with Crippen molar-refractivity contribution in [1.29, 1.82) is 0 Å². The fourth-order valence-electron chi connectivity index (χ4n) is 2.07. The first-order valence-electron chi connectivity index (χ1n) is 7.64. The van der Waals surface area contributed by atoms with Crippen LogP contribution in [0.5, 0.6) is 0 Å². The zero-order valence-corrected chi connectivity index (χ0v) is 13.7. The van der Waals surface area contributed by atoms with Crippen LogP contribution in [0.4, 0.5) is 5.69 Å². The van der Waals surface area contributed by atoms with E-state index in [1.54, 1.807) is 18.3 Å². The predicted octanol–water partition coefficient (Wildman–Crippen LogP) is 2.57. The average Bonchev–Trinajstić information content (AvgIpc) is 2.56. The predicted molar refractivity (Wildman–Crippen MR) is 93.8 cm³/mol. The van der Waals surface area contributed by atoms with E-state index in [1.807, 2.05) is 38.1 Å². The van der Waals surface area contributed by atoms with Crippen LogP contribution in [0.1, 0.15) is 29.7 Å². The molecule has 6 heteroatoms. The molecular weight excluding hydrogens is 304 g/mol. The summed E-state index contributed by atoms with van der Waals surface area (Å²) in [5, 5.41) is 6.62. The van der Waals surface area contributed by atoms with Gasteiger partial charge in [-0.2, -0.15) is 5.10 Å². The standard InChI is InChI=1S/C18H20N4O2/c1-13-6-7-16(14(2)11-13)21-17(23)8-9-18(24)22-20-12-15-5-3-4-10-19-15/h3-7,10-12H,8-9H2,1-2H3,(H,21,23)(H,22,24). The Kier molecular flexibility index (Phi) is 6.19. The molecule has 0 atom stereocenters. The monoisotopic (exact) mass is 324 g/mol. The number of carbonyl (C=O) groups excluding carboxylic acids is 2. The number of hydrogen-bond donors (Lipinski definition) is 2. The third kappa shape index (κ3) is 5.64. The minimum Gasteiger partial charge on any atom is -0.326 e. The lowest BCUT2D eigenvalue weighted by molar-refractivity contribution is -0.124. The summed E-state index contributed by atoms with van der Waals surface area (Å²) in [5.74, 6) is -0.524. The Morgan fingerprint density at radius 2 is 1.92 bits per heavy atom. The van der Waals surface area contributed by atoms with E-state index in [0.717, 1.165) is 16.8 Å². The first kappa shape index (κ1) is 17.3. The molecule has 2 rings (SSSR count). The number of hydrogen-bond acceptors (Lipinski definition) is 4. The van der Waals surface area contributed by atoms with Crippen LogP contribution < -0.4 is 10.7 Å². The van der Waals surface area contributed by atoms with Gasteiger partial charge < -0.3 is 5.32 Å². The summed E-state index contributed by atoms with van der Waals surface area (Å²) in [6.07, 6.45) is 3.25. The second-order valence-electron chi connectivity index (χ2n) is 5.41. The number of pyridine rings is 1. The van der Waals surface area contributed by atoms with Crippen LogP contribution in [-0.2, 0) is 9.59 Å². The summed E-state index contributed by atoms with van der Waals surface area (Å²) in [7, 11) is 0. The Morgan fingerprint density at radius 3 is 2.62 bits per heavy atom. The molecular formula is C18H20N4O2. The van der Waals surface area contributed by atoms with Gasteiger partial charge >= 0.3 is 0 Å². The summed E-state index contributed by atoms with van der Waals surface area (Å²) < 4.78 is 0. The molecule has 2 N–H and O–H groups in total. The van der Waals surface area contributed by atoms with Crippen molar-refractivity contribution in [2.24, 2.45) is 5.10 Å². The van der Waals surface area contributed by atoms with Crippen molar-refractivity contribution in [2.75, 3.05) is 5.32 Å². The van der Waals surface area contributed by atoms with Gasteiger partial charge in [-0.3, -0.25) is 14.6 Å². The molecule has 2 amide bonds. The summed E-state index contributed by atoms with van der Waals surface area (Å²) in [6, 6.07) is 11.2. The Bertz CT molecular complexity index is 742. The van der Waals surface area contributed by atoms with Crippen molar-refractivity contribution in [2.45, 2.75) is 26.7 Å². The van der Waals surface area contributed by atoms with E-state index < -0.39 is 0 Å². The molecule has 6 nitrogen and oxygen atoms in total. The molecule has 2 aromatic rings. The lowest BCUT2D eigenvalue weighted by atomic mass is 10.1. The molecule has 0 radical (unpaired) electrons. The molecule has 0 unspecified atom stereocenters. The van der Waals surface area contributed by atoms with Crippen molar-refractivity contribution in [3.63, 3.8) is 0 Å². The second-order valence-corrected chi connectivity index (χ2v) is 5.41. The highest BCUT2D eigenvalue weighted by molar-refractivity contribution is 5.94. The van der Waals surface area contributed by atoms with Gasteiger partial charge in [0.1, 0.15) is 0 Å². The van der Waals surface area contributed by atoms with Crippen LogP contribution in [0.15, 0.2) is 47.7 Å². The van der Waals surface area contributed by atoms with Crippen LogP contribution in [0.3, 0.4) is 0 Å². The topological polar surface area (TPSA) is 83.5 Å². The maximum atomic E-state index is 11.9. The largest absolute Gasteiger partial charge is 0.326 e. The molecule has 1 aromatic carbocycles.